The number of aromatic nitrogens is 3. The molecule has 0 amide bonds. The Labute approximate surface area is 284 Å². The molecule has 17 nitrogen and oxygen atoms in total. The van der Waals surface area contributed by atoms with Gasteiger partial charge < -0.3 is 47.7 Å². The Hall–Kier alpha value is -6.32. The summed E-state index contributed by atoms with van der Waals surface area (Å²) in [6.07, 6.45) is 5.09. The summed E-state index contributed by atoms with van der Waals surface area (Å²) in [5.74, 6) is 1.35. The zero-order valence-corrected chi connectivity index (χ0v) is 27.3. The summed E-state index contributed by atoms with van der Waals surface area (Å²) in [7, 11) is 0. The molecule has 2 aromatic heterocycles. The third kappa shape index (κ3) is 16.1. The van der Waals surface area contributed by atoms with Gasteiger partial charge >= 0.3 is 5.97 Å². The molecule has 5 aromatic rings. The number of carboxylic acid groups (broad SMARTS) is 1. The largest absolute Gasteiger partial charge is 0.508 e. The second-order valence-electron chi connectivity index (χ2n) is 8.36. The van der Waals surface area contributed by atoms with E-state index in [9.17, 15) is 24.5 Å². The molecule has 5 rings (SSSR count). The molecule has 0 saturated heterocycles. The van der Waals surface area contributed by atoms with E-state index in [0.717, 1.165) is 16.2 Å². The summed E-state index contributed by atoms with van der Waals surface area (Å²) in [4.78, 5) is 49.3. The molecule has 254 valence electrons. The monoisotopic (exact) mass is 749 g/mol. The normalized spacial score (nSPS) is 8.92. The molecule has 0 atom stereocenters. The third-order valence-corrected chi connectivity index (χ3v) is 5.89. The number of aryl methyl sites for hydroxylation is 1. The van der Waals surface area contributed by atoms with E-state index < -0.39 is 33.2 Å². The van der Waals surface area contributed by atoms with Gasteiger partial charge in [-0.05, 0) is 66.2 Å². The summed E-state index contributed by atoms with van der Waals surface area (Å²) in [5.41, 5.74) is 15.7. The Kier molecular flexibility index (Phi) is 18.6. The molecule has 2 heterocycles. The lowest BCUT2D eigenvalue weighted by atomic mass is 10.2. The minimum absolute atomic E-state index is 0.0489. The number of aliphatic carboxylic acids is 1. The minimum atomic E-state index is -1.07. The number of halogens is 2. The van der Waals surface area contributed by atoms with Crippen LogP contribution in [0.5, 0.6) is 23.0 Å². The molecule has 3 aromatic carbocycles. The van der Waals surface area contributed by atoms with E-state index in [-0.39, 0.29) is 22.9 Å². The highest BCUT2D eigenvalue weighted by molar-refractivity contribution is 9.10. The molecule has 0 aliphatic heterocycles. The van der Waals surface area contributed by atoms with Crippen LogP contribution in [-0.2, 0) is 4.79 Å². The van der Waals surface area contributed by atoms with E-state index in [1.54, 1.807) is 24.8 Å². The number of anilines is 3. The van der Waals surface area contributed by atoms with Gasteiger partial charge in [-0.1, -0.05) is 17.5 Å². The van der Waals surface area contributed by atoms with Crippen LogP contribution < -0.4 is 28.1 Å². The number of H-pyrrole nitrogens is 1. The van der Waals surface area contributed by atoms with Gasteiger partial charge in [0.25, 0.3) is 16.5 Å². The van der Waals surface area contributed by atoms with Gasteiger partial charge in [-0.3, -0.25) is 19.7 Å². The highest BCUT2D eigenvalue weighted by atomic mass is 79.9. The number of phenolic OH excluding ortho intramolecular Hbond substituents is 2. The van der Waals surface area contributed by atoms with Gasteiger partial charge in [0.05, 0.1) is 33.2 Å². The number of nitrogens with two attached hydrogens (primary N) is 3. The first-order chi connectivity index (χ1) is 22.4. The lowest BCUT2D eigenvalue weighted by Crippen LogP contribution is -2.28. The fourth-order valence-corrected chi connectivity index (χ4v) is 2.79. The summed E-state index contributed by atoms with van der Waals surface area (Å²) < 4.78 is 0.835. The molecule has 12 N–H and O–H groups in total. The average Bonchev–Trinajstić information content (AvgIpc) is 3.53. The highest BCUT2D eigenvalue weighted by Gasteiger charge is 2.17. The predicted molar refractivity (Wildman–Crippen MR) is 182 cm³/mol. The second-order valence-corrected chi connectivity index (χ2v) is 9.57. The van der Waals surface area contributed by atoms with E-state index in [2.05, 4.69) is 36.8 Å². The number of rotatable bonds is 1. The SMILES string of the molecule is CC#CC(=O)O.Cc1cnc[nH]1.Clc1ncccc1Br.Nc1ccc(O)cc1N.Nc1ccc(O)cc1[N+](=O)[O-].O=c1c(O)c(O)c1=O. The number of benzene rings is 2. The first-order valence-corrected chi connectivity index (χ1v) is 13.7. The van der Waals surface area contributed by atoms with Crippen molar-refractivity contribution < 1.29 is 35.3 Å². The van der Waals surface area contributed by atoms with Gasteiger partial charge in [-0.25, -0.2) is 14.8 Å². The number of aromatic hydroxyl groups is 4. The van der Waals surface area contributed by atoms with Crippen LogP contribution >= 0.6 is 27.5 Å². The standard InChI is InChI=1S/C6H6N2O3.C6H8N2O.C5H3BrClN.C4H6N2.C4H2O4.C4H4O2/c7-5-2-1-4(9)3-6(5)8(10)11;7-5-2-1-4(9)3-6(5)8;6-4-2-1-3-8-5(4)7;1-4-2-5-3-6-4;5-1-2(6)4(8)3(1)7;1-2-3-4(5)6/h1-3,9H,7H2;1-3,9H,7-8H2;1-3H;2-3H,1H3,(H,5,6);5-6H;1H3,(H,5,6). The molecule has 0 fully saturated rings. The molecule has 0 unspecified atom stereocenters. The molecular weight excluding hydrogens is 722 g/mol. The smallest absolute Gasteiger partial charge is 0.381 e. The Balaban J connectivity index is 0.000000559. The molecule has 19 heteroatoms. The maximum absolute atomic E-state index is 10.2. The van der Waals surface area contributed by atoms with Crippen LogP contribution in [0.15, 0.2) is 81.3 Å². The fourth-order valence-electron chi connectivity index (χ4n) is 2.42. The molecule has 0 saturated carbocycles. The van der Waals surface area contributed by atoms with Crippen molar-refractivity contribution in [2.75, 3.05) is 17.2 Å². The number of carbonyl (C=O) groups is 1. The Morgan fingerprint density at radius 2 is 1.50 bits per heavy atom. The number of hydrogen-bond acceptors (Lipinski definition) is 14. The Morgan fingerprint density at radius 3 is 1.77 bits per heavy atom. The van der Waals surface area contributed by atoms with Crippen molar-refractivity contribution in [2.45, 2.75) is 13.8 Å². The average molecular weight is 751 g/mol. The summed E-state index contributed by atoms with van der Waals surface area (Å²) in [5, 5.41) is 52.5. The summed E-state index contributed by atoms with van der Waals surface area (Å²) >= 11 is 8.75. The zero-order valence-electron chi connectivity index (χ0n) is 25.0. The third-order valence-electron chi connectivity index (χ3n) is 4.72. The van der Waals surface area contributed by atoms with Crippen molar-refractivity contribution in [3.05, 3.63) is 113 Å². The number of nitro benzene ring substituents is 1. The quantitative estimate of drug-likeness (QED) is 0.0225. The van der Waals surface area contributed by atoms with Crippen molar-refractivity contribution in [2.24, 2.45) is 0 Å². The van der Waals surface area contributed by atoms with E-state index in [1.165, 1.54) is 31.2 Å². The molecule has 48 heavy (non-hydrogen) atoms. The van der Waals surface area contributed by atoms with Crippen LogP contribution in [0.25, 0.3) is 0 Å². The molecule has 0 bridgehead atoms. The molecule has 0 radical (unpaired) electrons. The van der Waals surface area contributed by atoms with E-state index >= 15 is 0 Å². The van der Waals surface area contributed by atoms with Crippen LogP contribution in [0.2, 0.25) is 5.15 Å². The maximum Gasteiger partial charge on any atom is 0.381 e. The van der Waals surface area contributed by atoms with Crippen LogP contribution in [0.4, 0.5) is 22.7 Å². The van der Waals surface area contributed by atoms with Crippen molar-refractivity contribution >= 4 is 56.2 Å². The number of nitrogen functional groups attached to an aromatic ring is 3. The fraction of sp³-hybridized carbons (Fsp3) is 0.0690. The van der Waals surface area contributed by atoms with Crippen molar-refractivity contribution in [1.29, 1.82) is 0 Å². The van der Waals surface area contributed by atoms with Gasteiger partial charge in [0, 0.05) is 30.1 Å². The number of hydrogen-bond donors (Lipinski definition) is 9. The van der Waals surface area contributed by atoms with Gasteiger partial charge in [0.2, 0.25) is 11.5 Å². The predicted octanol–water partition coefficient (Wildman–Crippen LogP) is 3.44. The first kappa shape index (κ1) is 41.7. The highest BCUT2D eigenvalue weighted by Crippen LogP contribution is 2.25. The van der Waals surface area contributed by atoms with Crippen LogP contribution in [-0.4, -0.2) is 51.4 Å². The molecule has 0 aliphatic rings. The molecule has 0 aliphatic carbocycles. The van der Waals surface area contributed by atoms with E-state index in [1.807, 2.05) is 25.0 Å². The second kappa shape index (κ2) is 21.4. The number of nitrogens with zero attached hydrogens (tertiary/aromatic N) is 3. The van der Waals surface area contributed by atoms with Gasteiger partial charge in [0.15, 0.2) is 0 Å². The Morgan fingerprint density at radius 1 is 0.958 bits per heavy atom. The molecule has 0 spiro atoms. The van der Waals surface area contributed by atoms with Crippen LogP contribution in [0.3, 0.4) is 0 Å². The van der Waals surface area contributed by atoms with Gasteiger partial charge in [-0.2, -0.15) is 0 Å². The number of nitro groups is 1. The lowest BCUT2D eigenvalue weighted by molar-refractivity contribution is -0.384. The number of carboxylic acids is 1. The summed E-state index contributed by atoms with van der Waals surface area (Å²) in [6, 6.07) is 11.7. The number of pyridine rings is 1. The topological polar surface area (TPSA) is 315 Å². The van der Waals surface area contributed by atoms with Crippen LogP contribution in [0, 0.1) is 28.9 Å². The Bertz CT molecular complexity index is 1870. The number of phenols is 2. The van der Waals surface area contributed by atoms with E-state index in [0.29, 0.717) is 16.5 Å². The van der Waals surface area contributed by atoms with Crippen molar-refractivity contribution in [1.82, 2.24) is 15.0 Å². The zero-order chi connectivity index (χ0) is 37.0. The maximum atomic E-state index is 10.2. The van der Waals surface area contributed by atoms with Crippen LogP contribution in [0.1, 0.15) is 12.6 Å². The van der Waals surface area contributed by atoms with Gasteiger partial charge in [0.1, 0.15) is 22.3 Å². The number of aromatic amines is 1. The molecular formula is C29H29BrClN7O10. The lowest BCUT2D eigenvalue weighted by Gasteiger charge is -1.97. The van der Waals surface area contributed by atoms with Crippen molar-refractivity contribution in [3.8, 4) is 34.8 Å². The number of nitrogens with one attached hydrogen (secondary N) is 1. The number of imidazole rings is 1. The van der Waals surface area contributed by atoms with Gasteiger partial charge in [-0.15, -0.1) is 0 Å². The minimum Gasteiger partial charge on any atom is -0.508 e. The van der Waals surface area contributed by atoms with E-state index in [4.69, 9.17) is 54.3 Å². The first-order valence-electron chi connectivity index (χ1n) is 12.6. The summed E-state index contributed by atoms with van der Waals surface area (Å²) in [6.45, 7) is 3.45. The van der Waals surface area contributed by atoms with Crippen molar-refractivity contribution in [3.63, 3.8) is 0 Å².